The maximum atomic E-state index is 12.0. The smallest absolute Gasteiger partial charge is 0.247 e. The van der Waals surface area contributed by atoms with Crippen LogP contribution in [0, 0.1) is 11.3 Å². The molecule has 0 atom stereocenters. The molecule has 0 saturated heterocycles. The molecule has 0 aromatic carbocycles. The second-order valence-electron chi connectivity index (χ2n) is 3.27. The molecular formula is C9H8N6O2S. The summed E-state index contributed by atoms with van der Waals surface area (Å²) in [6.45, 7) is 0. The molecule has 0 saturated carbocycles. The lowest BCUT2D eigenvalue weighted by Crippen LogP contribution is -2.17. The lowest BCUT2D eigenvalue weighted by atomic mass is 10.4. The van der Waals surface area contributed by atoms with Crippen molar-refractivity contribution >= 4 is 16.0 Å². The standard InChI is InChI=1S/C9H8N6O2S/c1-15-9(12-6-13-15)14-18(16,17)8-3-2-4-11-7(8)5-10/h2-4,6H,1H3,(H,12,13,14). The van der Waals surface area contributed by atoms with Crippen LogP contribution in [-0.4, -0.2) is 28.2 Å². The van der Waals surface area contributed by atoms with E-state index in [1.807, 2.05) is 0 Å². The first kappa shape index (κ1) is 12.0. The van der Waals surface area contributed by atoms with Crippen LogP contribution in [0.4, 0.5) is 5.95 Å². The van der Waals surface area contributed by atoms with Crippen molar-refractivity contribution in [2.24, 2.45) is 7.05 Å². The zero-order chi connectivity index (χ0) is 13.2. The van der Waals surface area contributed by atoms with Crippen LogP contribution in [0.1, 0.15) is 5.69 Å². The van der Waals surface area contributed by atoms with Crippen molar-refractivity contribution in [2.75, 3.05) is 4.72 Å². The first-order valence-electron chi connectivity index (χ1n) is 4.76. The molecule has 92 valence electrons. The van der Waals surface area contributed by atoms with E-state index in [1.54, 1.807) is 13.1 Å². The summed E-state index contributed by atoms with van der Waals surface area (Å²) in [5.74, 6) is 0.0581. The highest BCUT2D eigenvalue weighted by Crippen LogP contribution is 2.15. The monoisotopic (exact) mass is 264 g/mol. The molecule has 0 amide bonds. The van der Waals surface area contributed by atoms with Crippen molar-refractivity contribution in [1.29, 1.82) is 5.26 Å². The minimum absolute atomic E-state index is 0.0581. The molecule has 2 aromatic rings. The average molecular weight is 264 g/mol. The molecule has 0 bridgehead atoms. The normalized spacial score (nSPS) is 10.9. The van der Waals surface area contributed by atoms with Crippen molar-refractivity contribution in [1.82, 2.24) is 19.7 Å². The third-order valence-electron chi connectivity index (χ3n) is 2.10. The molecule has 0 unspecified atom stereocenters. The SMILES string of the molecule is Cn1ncnc1NS(=O)(=O)c1cccnc1C#N. The van der Waals surface area contributed by atoms with Gasteiger partial charge in [0.1, 0.15) is 17.3 Å². The number of aromatic nitrogens is 4. The molecular weight excluding hydrogens is 256 g/mol. The van der Waals surface area contributed by atoms with Gasteiger partial charge in [-0.3, -0.25) is 0 Å². The van der Waals surface area contributed by atoms with Crippen LogP contribution in [0.5, 0.6) is 0 Å². The van der Waals surface area contributed by atoms with Crippen LogP contribution < -0.4 is 4.72 Å². The maximum Gasteiger partial charge on any atom is 0.267 e. The van der Waals surface area contributed by atoms with Gasteiger partial charge >= 0.3 is 0 Å². The van der Waals surface area contributed by atoms with Gasteiger partial charge in [0.2, 0.25) is 5.95 Å². The molecule has 0 fully saturated rings. The summed E-state index contributed by atoms with van der Waals surface area (Å²) in [4.78, 5) is 7.23. The Labute approximate surface area is 103 Å². The summed E-state index contributed by atoms with van der Waals surface area (Å²) in [6.07, 6.45) is 2.56. The molecule has 0 radical (unpaired) electrons. The number of aryl methyl sites for hydroxylation is 1. The van der Waals surface area contributed by atoms with Gasteiger partial charge in [-0.2, -0.15) is 15.3 Å². The molecule has 9 heteroatoms. The topological polar surface area (TPSA) is 114 Å². The van der Waals surface area contributed by atoms with E-state index in [1.165, 1.54) is 29.3 Å². The molecule has 1 N–H and O–H groups in total. The van der Waals surface area contributed by atoms with E-state index in [0.29, 0.717) is 0 Å². The van der Waals surface area contributed by atoms with Gasteiger partial charge in [0, 0.05) is 13.2 Å². The van der Waals surface area contributed by atoms with Crippen LogP contribution in [0.25, 0.3) is 0 Å². The zero-order valence-electron chi connectivity index (χ0n) is 9.27. The largest absolute Gasteiger partial charge is 0.267 e. The third kappa shape index (κ3) is 2.14. The highest BCUT2D eigenvalue weighted by Gasteiger charge is 2.21. The molecule has 0 spiro atoms. The Morgan fingerprint density at radius 3 is 2.83 bits per heavy atom. The van der Waals surface area contributed by atoms with Crippen molar-refractivity contribution in [2.45, 2.75) is 4.90 Å². The molecule has 2 aromatic heterocycles. The van der Waals surface area contributed by atoms with Crippen LogP contribution in [0.3, 0.4) is 0 Å². The Bertz CT molecular complexity index is 715. The fraction of sp³-hybridized carbons (Fsp3) is 0.111. The van der Waals surface area contributed by atoms with Crippen LogP contribution in [0.2, 0.25) is 0 Å². The third-order valence-corrected chi connectivity index (χ3v) is 3.46. The zero-order valence-corrected chi connectivity index (χ0v) is 10.1. The highest BCUT2D eigenvalue weighted by atomic mass is 32.2. The van der Waals surface area contributed by atoms with Gasteiger partial charge in [0.15, 0.2) is 5.69 Å². The first-order valence-corrected chi connectivity index (χ1v) is 6.25. The summed E-state index contributed by atoms with van der Waals surface area (Å²) in [5.41, 5.74) is -0.174. The van der Waals surface area contributed by atoms with Crippen LogP contribution in [0.15, 0.2) is 29.6 Å². The van der Waals surface area contributed by atoms with E-state index in [2.05, 4.69) is 19.8 Å². The van der Waals surface area contributed by atoms with E-state index in [0.717, 1.165) is 0 Å². The van der Waals surface area contributed by atoms with E-state index < -0.39 is 10.0 Å². The minimum atomic E-state index is -3.91. The van der Waals surface area contributed by atoms with Crippen molar-refractivity contribution in [3.8, 4) is 6.07 Å². The summed E-state index contributed by atoms with van der Waals surface area (Å²) < 4.78 is 27.6. The maximum absolute atomic E-state index is 12.0. The van der Waals surface area contributed by atoms with Gasteiger partial charge in [-0.15, -0.1) is 0 Å². The van der Waals surface area contributed by atoms with Gasteiger partial charge in [-0.25, -0.2) is 22.8 Å². The lowest BCUT2D eigenvalue weighted by molar-refractivity contribution is 0.599. The summed E-state index contributed by atoms with van der Waals surface area (Å²) in [7, 11) is -2.37. The Hall–Kier alpha value is -2.47. The summed E-state index contributed by atoms with van der Waals surface area (Å²) in [5, 5.41) is 12.6. The lowest BCUT2D eigenvalue weighted by Gasteiger charge is -2.07. The van der Waals surface area contributed by atoms with E-state index in [9.17, 15) is 8.42 Å². The number of sulfonamides is 1. The predicted octanol–water partition coefficient (Wildman–Crippen LogP) is -0.117. The number of hydrogen-bond acceptors (Lipinski definition) is 6. The number of nitriles is 1. The van der Waals surface area contributed by atoms with Crippen LogP contribution in [-0.2, 0) is 17.1 Å². The Kier molecular flexibility index (Phi) is 2.95. The Balaban J connectivity index is 2.44. The molecule has 2 rings (SSSR count). The number of hydrogen-bond donors (Lipinski definition) is 1. The second-order valence-corrected chi connectivity index (χ2v) is 4.93. The molecule has 0 aliphatic carbocycles. The van der Waals surface area contributed by atoms with Crippen molar-refractivity contribution in [3.05, 3.63) is 30.4 Å². The highest BCUT2D eigenvalue weighted by molar-refractivity contribution is 7.92. The average Bonchev–Trinajstić information content (AvgIpc) is 2.74. The first-order chi connectivity index (χ1) is 8.54. The molecule has 2 heterocycles. The Morgan fingerprint density at radius 2 is 2.22 bits per heavy atom. The fourth-order valence-corrected chi connectivity index (χ4v) is 2.40. The quantitative estimate of drug-likeness (QED) is 0.826. The number of rotatable bonds is 3. The van der Waals surface area contributed by atoms with Crippen molar-refractivity contribution in [3.63, 3.8) is 0 Å². The molecule has 8 nitrogen and oxygen atoms in total. The number of nitrogens with zero attached hydrogens (tertiary/aromatic N) is 5. The number of pyridine rings is 1. The number of nitrogens with one attached hydrogen (secondary N) is 1. The van der Waals surface area contributed by atoms with Gasteiger partial charge in [-0.05, 0) is 12.1 Å². The molecule has 0 aliphatic rings. The number of anilines is 1. The fourth-order valence-electron chi connectivity index (χ4n) is 1.26. The van der Waals surface area contributed by atoms with Gasteiger partial charge < -0.3 is 0 Å². The second kappa shape index (κ2) is 4.42. The van der Waals surface area contributed by atoms with E-state index >= 15 is 0 Å². The van der Waals surface area contributed by atoms with Gasteiger partial charge in [0.25, 0.3) is 10.0 Å². The summed E-state index contributed by atoms with van der Waals surface area (Å²) in [6, 6.07) is 4.46. The molecule has 18 heavy (non-hydrogen) atoms. The minimum Gasteiger partial charge on any atom is -0.247 e. The van der Waals surface area contributed by atoms with Crippen LogP contribution >= 0.6 is 0 Å². The van der Waals surface area contributed by atoms with Gasteiger partial charge in [-0.1, -0.05) is 0 Å². The van der Waals surface area contributed by atoms with Gasteiger partial charge in [0.05, 0.1) is 0 Å². The van der Waals surface area contributed by atoms with Crippen molar-refractivity contribution < 1.29 is 8.42 Å². The summed E-state index contributed by atoms with van der Waals surface area (Å²) >= 11 is 0. The van der Waals surface area contributed by atoms with E-state index in [4.69, 9.17) is 5.26 Å². The van der Waals surface area contributed by atoms with E-state index in [-0.39, 0.29) is 16.5 Å². The molecule has 0 aliphatic heterocycles. The Morgan fingerprint density at radius 1 is 1.44 bits per heavy atom. The predicted molar refractivity (Wildman–Crippen MR) is 60.8 cm³/mol.